The van der Waals surface area contributed by atoms with E-state index in [-0.39, 0.29) is 11.9 Å². The van der Waals surface area contributed by atoms with Crippen LogP contribution in [0.25, 0.3) is 11.1 Å². The van der Waals surface area contributed by atoms with Crippen LogP contribution < -0.4 is 15.4 Å². The molecule has 146 valence electrons. The average Bonchev–Trinajstić information content (AvgIpc) is 3.00. The van der Waals surface area contributed by atoms with Crippen LogP contribution in [0.5, 0.6) is 5.75 Å². The van der Waals surface area contributed by atoms with Gasteiger partial charge in [0.25, 0.3) is 5.91 Å². The van der Waals surface area contributed by atoms with Gasteiger partial charge in [-0.1, -0.05) is 12.1 Å². The van der Waals surface area contributed by atoms with E-state index in [2.05, 4.69) is 4.90 Å². The van der Waals surface area contributed by atoms with Gasteiger partial charge in [0.2, 0.25) is 0 Å². The van der Waals surface area contributed by atoms with Crippen molar-refractivity contribution in [2.75, 3.05) is 31.6 Å². The first kappa shape index (κ1) is 18.2. The van der Waals surface area contributed by atoms with Gasteiger partial charge < -0.3 is 19.0 Å². The first-order valence-electron chi connectivity index (χ1n) is 9.28. The second-order valence-electron chi connectivity index (χ2n) is 7.07. The highest BCUT2D eigenvalue weighted by atomic mass is 16.5. The van der Waals surface area contributed by atoms with Crippen LogP contribution in [-0.4, -0.2) is 48.2 Å². The molecule has 0 saturated carbocycles. The topological polar surface area (TPSA) is 67.9 Å². The van der Waals surface area contributed by atoms with Gasteiger partial charge in [0.1, 0.15) is 5.75 Å². The van der Waals surface area contributed by atoms with Crippen LogP contribution >= 0.6 is 0 Å². The summed E-state index contributed by atoms with van der Waals surface area (Å²) < 4.78 is 12.0. The van der Waals surface area contributed by atoms with Crippen LogP contribution in [0.15, 0.2) is 51.7 Å². The van der Waals surface area contributed by atoms with Gasteiger partial charge in [-0.15, -0.1) is 0 Å². The Morgan fingerprint density at radius 2 is 1.96 bits per heavy atom. The van der Waals surface area contributed by atoms with E-state index in [0.717, 1.165) is 24.5 Å². The SMILES string of the molecule is COc1ccccc1N1CCN(C(=O)c2ccc3oc(=O)n(C)c3c2)C(C)C1. The number of hydrogen-bond donors (Lipinski definition) is 0. The quantitative estimate of drug-likeness (QED) is 0.697. The summed E-state index contributed by atoms with van der Waals surface area (Å²) >= 11 is 0. The van der Waals surface area contributed by atoms with Gasteiger partial charge in [-0.05, 0) is 37.3 Å². The summed E-state index contributed by atoms with van der Waals surface area (Å²) in [6, 6.07) is 13.1. The number of aromatic nitrogens is 1. The molecule has 1 atom stereocenters. The van der Waals surface area contributed by atoms with Crippen molar-refractivity contribution in [3.05, 3.63) is 58.6 Å². The predicted octanol–water partition coefficient (Wildman–Crippen LogP) is 2.49. The van der Waals surface area contributed by atoms with Crippen LogP contribution in [0.4, 0.5) is 5.69 Å². The second kappa shape index (κ2) is 7.07. The molecule has 1 fully saturated rings. The number of para-hydroxylation sites is 2. The predicted molar refractivity (Wildman–Crippen MR) is 107 cm³/mol. The molecule has 2 heterocycles. The molecular formula is C21H23N3O4. The molecule has 0 bridgehead atoms. The fourth-order valence-electron chi connectivity index (χ4n) is 3.79. The summed E-state index contributed by atoms with van der Waals surface area (Å²) in [6.45, 7) is 4.10. The normalized spacial score (nSPS) is 17.2. The molecule has 0 radical (unpaired) electrons. The van der Waals surface area contributed by atoms with E-state index in [1.54, 1.807) is 32.4 Å². The standard InChI is InChI=1S/C21H23N3O4/c1-14-13-23(16-6-4-5-7-18(16)27-3)10-11-24(14)20(25)15-8-9-19-17(12-15)22(2)21(26)28-19/h4-9,12,14H,10-11,13H2,1-3H3. The van der Waals surface area contributed by atoms with Crippen molar-refractivity contribution in [2.24, 2.45) is 7.05 Å². The van der Waals surface area contributed by atoms with Crippen molar-refractivity contribution in [1.82, 2.24) is 9.47 Å². The minimum Gasteiger partial charge on any atom is -0.495 e. The summed E-state index contributed by atoms with van der Waals surface area (Å²) in [6.07, 6.45) is 0. The number of piperazine rings is 1. The zero-order chi connectivity index (χ0) is 19.8. The molecule has 0 spiro atoms. The molecule has 0 N–H and O–H groups in total. The molecule has 1 aromatic heterocycles. The summed E-state index contributed by atoms with van der Waals surface area (Å²) in [5.41, 5.74) is 2.70. The molecule has 4 rings (SSSR count). The van der Waals surface area contributed by atoms with Crippen molar-refractivity contribution in [3.8, 4) is 5.75 Å². The zero-order valence-electron chi connectivity index (χ0n) is 16.2. The van der Waals surface area contributed by atoms with E-state index in [9.17, 15) is 9.59 Å². The smallest absolute Gasteiger partial charge is 0.419 e. The number of methoxy groups -OCH3 is 1. The van der Waals surface area contributed by atoms with E-state index in [1.165, 1.54) is 4.57 Å². The average molecular weight is 381 g/mol. The Hall–Kier alpha value is -3.22. The van der Waals surface area contributed by atoms with Gasteiger partial charge in [0.05, 0.1) is 18.3 Å². The van der Waals surface area contributed by atoms with E-state index < -0.39 is 5.76 Å². The third kappa shape index (κ3) is 3.02. The largest absolute Gasteiger partial charge is 0.495 e. The van der Waals surface area contributed by atoms with Crippen LogP contribution in [0, 0.1) is 0 Å². The van der Waals surface area contributed by atoms with Crippen LogP contribution in [0.1, 0.15) is 17.3 Å². The lowest BCUT2D eigenvalue weighted by Crippen LogP contribution is -2.54. The maximum absolute atomic E-state index is 13.1. The van der Waals surface area contributed by atoms with Crippen LogP contribution in [0.3, 0.4) is 0 Å². The summed E-state index contributed by atoms with van der Waals surface area (Å²) in [7, 11) is 3.30. The highest BCUT2D eigenvalue weighted by Gasteiger charge is 2.29. The Morgan fingerprint density at radius 1 is 1.18 bits per heavy atom. The van der Waals surface area contributed by atoms with E-state index in [1.807, 2.05) is 36.1 Å². The van der Waals surface area contributed by atoms with Crippen LogP contribution in [-0.2, 0) is 7.05 Å². The summed E-state index contributed by atoms with van der Waals surface area (Å²) in [5.74, 6) is 0.363. The van der Waals surface area contributed by atoms with Gasteiger partial charge in [0, 0.05) is 38.3 Å². The van der Waals surface area contributed by atoms with Gasteiger partial charge in [-0.3, -0.25) is 9.36 Å². The summed E-state index contributed by atoms with van der Waals surface area (Å²) in [5, 5.41) is 0. The maximum Gasteiger partial charge on any atom is 0.419 e. The van der Waals surface area contributed by atoms with E-state index in [0.29, 0.717) is 23.2 Å². The van der Waals surface area contributed by atoms with Crippen molar-refractivity contribution in [2.45, 2.75) is 13.0 Å². The first-order chi connectivity index (χ1) is 13.5. The van der Waals surface area contributed by atoms with Gasteiger partial charge in [-0.2, -0.15) is 0 Å². The second-order valence-corrected chi connectivity index (χ2v) is 7.07. The molecule has 1 saturated heterocycles. The zero-order valence-corrected chi connectivity index (χ0v) is 16.2. The molecule has 1 amide bonds. The first-order valence-corrected chi connectivity index (χ1v) is 9.28. The van der Waals surface area contributed by atoms with Crippen molar-refractivity contribution in [1.29, 1.82) is 0 Å². The van der Waals surface area contributed by atoms with Crippen molar-refractivity contribution in [3.63, 3.8) is 0 Å². The highest BCUT2D eigenvalue weighted by molar-refractivity contribution is 5.97. The monoisotopic (exact) mass is 381 g/mol. The highest BCUT2D eigenvalue weighted by Crippen LogP contribution is 2.30. The third-order valence-corrected chi connectivity index (χ3v) is 5.35. The van der Waals surface area contributed by atoms with E-state index >= 15 is 0 Å². The third-order valence-electron chi connectivity index (χ3n) is 5.35. The van der Waals surface area contributed by atoms with Crippen molar-refractivity contribution >= 4 is 22.7 Å². The number of hydrogen-bond acceptors (Lipinski definition) is 5. The number of rotatable bonds is 3. The number of benzene rings is 2. The lowest BCUT2D eigenvalue weighted by Gasteiger charge is -2.41. The number of aryl methyl sites for hydroxylation is 1. The minimum absolute atomic E-state index is 0.0371. The molecule has 1 aliphatic heterocycles. The molecule has 28 heavy (non-hydrogen) atoms. The molecule has 0 aliphatic carbocycles. The Labute approximate surface area is 162 Å². The van der Waals surface area contributed by atoms with E-state index in [4.69, 9.17) is 9.15 Å². The number of nitrogens with zero attached hydrogens (tertiary/aromatic N) is 3. The Morgan fingerprint density at radius 3 is 2.71 bits per heavy atom. The van der Waals surface area contributed by atoms with Crippen molar-refractivity contribution < 1.29 is 13.9 Å². The van der Waals surface area contributed by atoms with Gasteiger partial charge in [-0.25, -0.2) is 4.79 Å². The number of fused-ring (bicyclic) bond motifs is 1. The lowest BCUT2D eigenvalue weighted by molar-refractivity contribution is 0.0674. The number of anilines is 1. The van der Waals surface area contributed by atoms with Crippen LogP contribution in [0.2, 0.25) is 0 Å². The molecule has 2 aromatic carbocycles. The number of carbonyl (C=O) groups excluding carboxylic acids is 1. The van der Waals surface area contributed by atoms with Gasteiger partial charge in [0.15, 0.2) is 5.58 Å². The number of amides is 1. The Kier molecular flexibility index (Phi) is 4.58. The molecule has 1 aliphatic rings. The lowest BCUT2D eigenvalue weighted by atomic mass is 10.1. The molecular weight excluding hydrogens is 358 g/mol. The maximum atomic E-state index is 13.1. The molecule has 7 heteroatoms. The molecule has 3 aromatic rings. The summed E-state index contributed by atoms with van der Waals surface area (Å²) in [4.78, 5) is 28.9. The fraction of sp³-hybridized carbons (Fsp3) is 0.333. The Balaban J connectivity index is 1.55. The molecule has 1 unspecified atom stereocenters. The number of oxazole rings is 1. The fourth-order valence-corrected chi connectivity index (χ4v) is 3.79. The molecule has 7 nitrogen and oxygen atoms in total. The number of carbonyl (C=O) groups is 1. The minimum atomic E-state index is -0.432. The number of ether oxygens (including phenoxy) is 1. The Bertz CT molecular complexity index is 1080. The van der Waals surface area contributed by atoms with Gasteiger partial charge >= 0.3 is 5.76 Å².